The number of nitrogens with zero attached hydrogens (tertiary/aromatic N) is 3. The molecule has 2 aromatic heterocycles. The highest BCUT2D eigenvalue weighted by molar-refractivity contribution is 7.89. The lowest BCUT2D eigenvalue weighted by atomic mass is 10.2. The molecule has 1 aliphatic carbocycles. The molecule has 0 bridgehead atoms. The third-order valence-electron chi connectivity index (χ3n) is 6.14. The molecular formula is C22H28N6O4S. The molecule has 3 N–H and O–H groups in total. The van der Waals surface area contributed by atoms with E-state index in [4.69, 9.17) is 14.5 Å². The van der Waals surface area contributed by atoms with E-state index < -0.39 is 10.0 Å². The van der Waals surface area contributed by atoms with E-state index in [1.165, 1.54) is 30.3 Å². The Kier molecular flexibility index (Phi) is 6.09. The highest BCUT2D eigenvalue weighted by Gasteiger charge is 2.27. The number of H-pyrrole nitrogens is 1. The summed E-state index contributed by atoms with van der Waals surface area (Å²) >= 11 is 0. The molecule has 2 aliphatic rings. The number of methoxy groups -OCH3 is 1. The number of ether oxygens (including phenoxy) is 2. The molecular weight excluding hydrogens is 444 g/mol. The first kappa shape index (κ1) is 21.9. The van der Waals surface area contributed by atoms with Crippen LogP contribution in [0, 0.1) is 0 Å². The summed E-state index contributed by atoms with van der Waals surface area (Å²) in [5, 5.41) is 7.68. The van der Waals surface area contributed by atoms with Crippen LogP contribution in [0.25, 0.3) is 11.0 Å². The third kappa shape index (κ3) is 4.48. The number of hydrogen-bond donors (Lipinski definition) is 3. The summed E-state index contributed by atoms with van der Waals surface area (Å²) in [6, 6.07) is 7.14. The molecule has 33 heavy (non-hydrogen) atoms. The van der Waals surface area contributed by atoms with Gasteiger partial charge in [0.25, 0.3) is 0 Å². The van der Waals surface area contributed by atoms with Crippen molar-refractivity contribution in [3.8, 4) is 5.75 Å². The van der Waals surface area contributed by atoms with Gasteiger partial charge < -0.3 is 25.1 Å². The number of benzene rings is 1. The maximum absolute atomic E-state index is 13.0. The summed E-state index contributed by atoms with van der Waals surface area (Å²) in [6.07, 6.45) is 6.55. The molecule has 10 nitrogen and oxygen atoms in total. The van der Waals surface area contributed by atoms with Gasteiger partial charge in [0.15, 0.2) is 0 Å². The van der Waals surface area contributed by atoms with Gasteiger partial charge in [0.05, 0.1) is 36.3 Å². The van der Waals surface area contributed by atoms with E-state index in [9.17, 15) is 8.42 Å². The van der Waals surface area contributed by atoms with E-state index in [1.54, 1.807) is 12.1 Å². The normalized spacial score (nSPS) is 18.0. The second-order valence-corrected chi connectivity index (χ2v) is 10.2. The zero-order valence-electron chi connectivity index (χ0n) is 18.5. The number of nitrogens with one attached hydrogen (secondary N) is 3. The Bertz CT molecular complexity index is 1230. The van der Waals surface area contributed by atoms with Gasteiger partial charge in [-0.05, 0) is 31.0 Å². The molecule has 3 heterocycles. The van der Waals surface area contributed by atoms with Gasteiger partial charge in [-0.15, -0.1) is 0 Å². The quantitative estimate of drug-likeness (QED) is 0.480. The van der Waals surface area contributed by atoms with Crippen LogP contribution >= 0.6 is 0 Å². The Morgan fingerprint density at radius 1 is 1.15 bits per heavy atom. The second kappa shape index (κ2) is 9.16. The fourth-order valence-corrected chi connectivity index (χ4v) is 5.79. The Balaban J connectivity index is 1.43. The SMILES string of the molecule is COc1cc(S(=O)(=O)N2CCOCC2)ccc1Nc1nc(NC2CCCC2)c2cc[nH]c2n1. The van der Waals surface area contributed by atoms with Crippen molar-refractivity contribution in [1.29, 1.82) is 0 Å². The maximum atomic E-state index is 13.0. The minimum absolute atomic E-state index is 0.177. The Hall–Kier alpha value is -2.89. The van der Waals surface area contributed by atoms with Gasteiger partial charge in [0.1, 0.15) is 17.2 Å². The number of aromatic nitrogens is 3. The highest BCUT2D eigenvalue weighted by Crippen LogP contribution is 2.32. The topological polar surface area (TPSA) is 121 Å². The molecule has 11 heteroatoms. The number of fused-ring (bicyclic) bond motifs is 1. The Labute approximate surface area is 192 Å². The van der Waals surface area contributed by atoms with Crippen LogP contribution in [0.2, 0.25) is 0 Å². The number of aromatic amines is 1. The number of sulfonamides is 1. The zero-order chi connectivity index (χ0) is 22.8. The first-order valence-corrected chi connectivity index (χ1v) is 12.6. The van der Waals surface area contributed by atoms with Crippen molar-refractivity contribution in [3.05, 3.63) is 30.5 Å². The van der Waals surface area contributed by atoms with Gasteiger partial charge in [0.2, 0.25) is 16.0 Å². The van der Waals surface area contributed by atoms with Crippen LogP contribution in [0.4, 0.5) is 17.5 Å². The van der Waals surface area contributed by atoms with Crippen LogP contribution in [-0.2, 0) is 14.8 Å². The van der Waals surface area contributed by atoms with E-state index in [0.717, 1.165) is 29.7 Å². The molecule has 5 rings (SSSR count). The lowest BCUT2D eigenvalue weighted by Crippen LogP contribution is -2.40. The zero-order valence-corrected chi connectivity index (χ0v) is 19.3. The first-order valence-electron chi connectivity index (χ1n) is 11.2. The minimum atomic E-state index is -3.63. The molecule has 1 saturated heterocycles. The van der Waals surface area contributed by atoms with Gasteiger partial charge in [0, 0.05) is 31.4 Å². The minimum Gasteiger partial charge on any atom is -0.495 e. The third-order valence-corrected chi connectivity index (χ3v) is 8.03. The molecule has 176 valence electrons. The summed E-state index contributed by atoms with van der Waals surface area (Å²) in [6.45, 7) is 1.47. The van der Waals surface area contributed by atoms with Gasteiger partial charge >= 0.3 is 0 Å². The lowest BCUT2D eigenvalue weighted by molar-refractivity contribution is 0.0730. The molecule has 0 amide bonds. The summed E-state index contributed by atoms with van der Waals surface area (Å²) in [5.74, 6) is 1.57. The van der Waals surface area contributed by atoms with Crippen molar-refractivity contribution < 1.29 is 17.9 Å². The number of morpholine rings is 1. The lowest BCUT2D eigenvalue weighted by Gasteiger charge is -2.26. The number of rotatable bonds is 7. The Morgan fingerprint density at radius 2 is 1.94 bits per heavy atom. The predicted molar refractivity (Wildman–Crippen MR) is 126 cm³/mol. The molecule has 3 aromatic rings. The van der Waals surface area contributed by atoms with Gasteiger partial charge in [-0.3, -0.25) is 0 Å². The van der Waals surface area contributed by atoms with Crippen LogP contribution in [0.3, 0.4) is 0 Å². The fourth-order valence-electron chi connectivity index (χ4n) is 4.36. The van der Waals surface area contributed by atoms with E-state index in [1.807, 2.05) is 12.3 Å². The molecule has 0 atom stereocenters. The summed E-state index contributed by atoms with van der Waals surface area (Å²) in [4.78, 5) is 12.6. The van der Waals surface area contributed by atoms with Gasteiger partial charge in [-0.25, -0.2) is 8.42 Å². The molecule has 0 radical (unpaired) electrons. The van der Waals surface area contributed by atoms with Crippen LogP contribution in [0.15, 0.2) is 35.4 Å². The number of hydrogen-bond acceptors (Lipinski definition) is 8. The monoisotopic (exact) mass is 472 g/mol. The van der Waals surface area contributed by atoms with Gasteiger partial charge in [-0.1, -0.05) is 12.8 Å². The standard InChI is InChI=1S/C22H28N6O4S/c1-31-19-14-16(33(29,30)28-10-12-32-13-11-28)6-7-18(19)25-22-26-20-17(8-9-23-20)21(27-22)24-15-4-2-3-5-15/h6-9,14-15H,2-5,10-13H2,1H3,(H3,23,24,25,26,27). The predicted octanol–water partition coefficient (Wildman–Crippen LogP) is 3.09. The summed E-state index contributed by atoms with van der Waals surface area (Å²) in [5.41, 5.74) is 1.30. The summed E-state index contributed by atoms with van der Waals surface area (Å²) < 4.78 is 38.2. The molecule has 0 spiro atoms. The van der Waals surface area contributed by atoms with Crippen molar-refractivity contribution in [2.75, 3.05) is 44.0 Å². The maximum Gasteiger partial charge on any atom is 0.243 e. The van der Waals surface area contributed by atoms with Crippen molar-refractivity contribution in [2.45, 2.75) is 36.6 Å². The number of anilines is 3. The first-order chi connectivity index (χ1) is 16.0. The van der Waals surface area contributed by atoms with Crippen LogP contribution in [0.1, 0.15) is 25.7 Å². The molecule has 1 aliphatic heterocycles. The summed E-state index contributed by atoms with van der Waals surface area (Å²) in [7, 11) is -2.12. The molecule has 0 unspecified atom stereocenters. The fraction of sp³-hybridized carbons (Fsp3) is 0.455. The molecule has 1 saturated carbocycles. The van der Waals surface area contributed by atoms with Crippen LogP contribution in [0.5, 0.6) is 5.75 Å². The van der Waals surface area contributed by atoms with Crippen molar-refractivity contribution in [2.24, 2.45) is 0 Å². The van der Waals surface area contributed by atoms with E-state index in [2.05, 4.69) is 20.6 Å². The van der Waals surface area contributed by atoms with Crippen LogP contribution in [-0.4, -0.2) is 67.1 Å². The Morgan fingerprint density at radius 3 is 2.70 bits per heavy atom. The van der Waals surface area contributed by atoms with Crippen LogP contribution < -0.4 is 15.4 Å². The van der Waals surface area contributed by atoms with E-state index in [0.29, 0.717) is 49.7 Å². The smallest absolute Gasteiger partial charge is 0.243 e. The second-order valence-electron chi connectivity index (χ2n) is 8.27. The molecule has 2 fully saturated rings. The highest BCUT2D eigenvalue weighted by atomic mass is 32.2. The van der Waals surface area contributed by atoms with Crippen molar-refractivity contribution in [3.63, 3.8) is 0 Å². The largest absolute Gasteiger partial charge is 0.495 e. The molecule has 1 aromatic carbocycles. The van der Waals surface area contributed by atoms with E-state index in [-0.39, 0.29) is 4.90 Å². The van der Waals surface area contributed by atoms with E-state index >= 15 is 0 Å². The van der Waals surface area contributed by atoms with Crippen molar-refractivity contribution >= 4 is 38.5 Å². The average Bonchev–Trinajstić information content (AvgIpc) is 3.52. The average molecular weight is 473 g/mol. The van der Waals surface area contributed by atoms with Crippen molar-refractivity contribution in [1.82, 2.24) is 19.3 Å². The van der Waals surface area contributed by atoms with Gasteiger partial charge in [-0.2, -0.15) is 14.3 Å².